The largest absolute Gasteiger partial charge is 0.486 e. The highest BCUT2D eigenvalue weighted by atomic mass is 35.5. The number of nitrogens with zero attached hydrogens (tertiary/aromatic N) is 3. The third-order valence-corrected chi connectivity index (χ3v) is 2.99. The molecule has 0 N–H and O–H groups in total. The second-order valence-corrected chi connectivity index (χ2v) is 5.09. The fourth-order valence-corrected chi connectivity index (χ4v) is 1.90. The summed E-state index contributed by atoms with van der Waals surface area (Å²) in [6, 6.07) is 7.75. The minimum Gasteiger partial charge on any atom is -0.486 e. The molecule has 1 aromatic carbocycles. The summed E-state index contributed by atoms with van der Waals surface area (Å²) >= 11 is 5.74. The number of rotatable bonds is 6. The second kappa shape index (κ2) is 6.57. The minimum absolute atomic E-state index is 0.424. The molecule has 0 saturated heterocycles. The summed E-state index contributed by atoms with van der Waals surface area (Å²) in [6.07, 6.45) is 1.57. The molecule has 2 aromatic rings. The third kappa shape index (κ3) is 3.96. The van der Waals surface area contributed by atoms with Gasteiger partial charge in [0.25, 0.3) is 0 Å². The molecule has 5 heteroatoms. The van der Waals surface area contributed by atoms with E-state index in [2.05, 4.69) is 23.9 Å². The van der Waals surface area contributed by atoms with Crippen LogP contribution >= 0.6 is 11.6 Å². The van der Waals surface area contributed by atoms with Crippen LogP contribution in [0.5, 0.6) is 5.75 Å². The maximum Gasteiger partial charge on any atom is 0.164 e. The molecule has 1 heterocycles. The van der Waals surface area contributed by atoms with E-state index in [0.29, 0.717) is 18.4 Å². The van der Waals surface area contributed by atoms with Crippen molar-refractivity contribution in [3.05, 3.63) is 42.0 Å². The van der Waals surface area contributed by atoms with Crippen LogP contribution in [0, 0.1) is 5.92 Å². The highest BCUT2D eigenvalue weighted by molar-refractivity contribution is 6.17. The number of aromatic nitrogens is 3. The van der Waals surface area contributed by atoms with Crippen LogP contribution in [0.2, 0.25) is 0 Å². The Morgan fingerprint density at radius 1 is 1.26 bits per heavy atom. The maximum absolute atomic E-state index is 5.74. The highest BCUT2D eigenvalue weighted by Crippen LogP contribution is 2.15. The molecule has 102 valence electrons. The third-order valence-electron chi connectivity index (χ3n) is 2.68. The van der Waals surface area contributed by atoms with E-state index in [-0.39, 0.29) is 0 Å². The van der Waals surface area contributed by atoms with Crippen LogP contribution in [-0.2, 0) is 19.0 Å². The molecular formula is C14H18ClN3O. The Morgan fingerprint density at radius 2 is 2.00 bits per heavy atom. The van der Waals surface area contributed by atoms with Crippen molar-refractivity contribution < 1.29 is 4.74 Å². The number of alkyl halides is 1. The Hall–Kier alpha value is -1.55. The lowest BCUT2D eigenvalue weighted by Gasteiger charge is -2.10. The molecule has 2 rings (SSSR count). The number of hydrogen-bond acceptors (Lipinski definition) is 3. The average Bonchev–Trinajstić information content (AvgIpc) is 2.83. The summed E-state index contributed by atoms with van der Waals surface area (Å²) < 4.78 is 7.59. The molecule has 1 aromatic heterocycles. The quantitative estimate of drug-likeness (QED) is 0.762. The smallest absolute Gasteiger partial charge is 0.164 e. The first kappa shape index (κ1) is 13.9. The lowest BCUT2D eigenvalue weighted by atomic mass is 10.2. The van der Waals surface area contributed by atoms with Crippen molar-refractivity contribution in [3.63, 3.8) is 0 Å². The van der Waals surface area contributed by atoms with Crippen molar-refractivity contribution in [1.82, 2.24) is 14.8 Å². The maximum atomic E-state index is 5.74. The molecule has 4 nitrogen and oxygen atoms in total. The van der Waals surface area contributed by atoms with E-state index in [4.69, 9.17) is 16.3 Å². The van der Waals surface area contributed by atoms with Gasteiger partial charge in [0.1, 0.15) is 18.7 Å². The Morgan fingerprint density at radius 3 is 2.63 bits per heavy atom. The fourth-order valence-electron chi connectivity index (χ4n) is 1.72. The van der Waals surface area contributed by atoms with E-state index in [1.165, 1.54) is 0 Å². The molecule has 19 heavy (non-hydrogen) atoms. The monoisotopic (exact) mass is 279 g/mol. The molecule has 0 amide bonds. The van der Waals surface area contributed by atoms with Crippen LogP contribution in [-0.4, -0.2) is 14.8 Å². The van der Waals surface area contributed by atoms with Crippen LogP contribution in [0.25, 0.3) is 0 Å². The van der Waals surface area contributed by atoms with Gasteiger partial charge in [-0.25, -0.2) is 9.67 Å². The zero-order valence-electron chi connectivity index (χ0n) is 11.2. The Bertz CT molecular complexity index is 508. The molecule has 0 unspecified atom stereocenters. The van der Waals surface area contributed by atoms with Gasteiger partial charge < -0.3 is 4.74 Å². The van der Waals surface area contributed by atoms with Crippen LogP contribution < -0.4 is 4.74 Å². The van der Waals surface area contributed by atoms with Crippen LogP contribution in [0.1, 0.15) is 25.2 Å². The molecule has 0 bridgehead atoms. The topological polar surface area (TPSA) is 39.9 Å². The van der Waals surface area contributed by atoms with Crippen LogP contribution in [0.15, 0.2) is 30.6 Å². The molecule has 0 saturated carbocycles. The van der Waals surface area contributed by atoms with Gasteiger partial charge in [0, 0.05) is 12.4 Å². The van der Waals surface area contributed by atoms with Crippen molar-refractivity contribution in [2.75, 3.05) is 0 Å². The first-order valence-corrected chi connectivity index (χ1v) is 6.87. The van der Waals surface area contributed by atoms with Crippen molar-refractivity contribution in [3.8, 4) is 5.75 Å². The van der Waals surface area contributed by atoms with Crippen LogP contribution in [0.4, 0.5) is 0 Å². The summed E-state index contributed by atoms with van der Waals surface area (Å²) in [7, 11) is 0. The SMILES string of the molecule is CC(C)Cn1ncnc1COc1ccc(CCl)cc1. The lowest BCUT2D eigenvalue weighted by molar-refractivity contribution is 0.282. The Labute approximate surface area is 118 Å². The predicted octanol–water partition coefficient (Wildman–Crippen LogP) is 3.25. The molecule has 0 aliphatic rings. The fraction of sp³-hybridized carbons (Fsp3) is 0.429. The van der Waals surface area contributed by atoms with E-state index in [1.807, 2.05) is 28.9 Å². The average molecular weight is 280 g/mol. The molecule has 0 aliphatic carbocycles. The van der Waals surface area contributed by atoms with E-state index in [1.54, 1.807) is 6.33 Å². The Kier molecular flexibility index (Phi) is 4.80. The van der Waals surface area contributed by atoms with Crippen LogP contribution in [0.3, 0.4) is 0 Å². The zero-order valence-corrected chi connectivity index (χ0v) is 12.0. The van der Waals surface area contributed by atoms with Gasteiger partial charge in [0.05, 0.1) is 0 Å². The highest BCUT2D eigenvalue weighted by Gasteiger charge is 2.06. The van der Waals surface area contributed by atoms with Gasteiger partial charge in [0.15, 0.2) is 5.82 Å². The van der Waals surface area contributed by atoms with E-state index in [0.717, 1.165) is 23.7 Å². The number of benzene rings is 1. The second-order valence-electron chi connectivity index (χ2n) is 4.82. The number of ether oxygens (including phenoxy) is 1. The molecule has 0 aliphatic heterocycles. The van der Waals surface area contributed by atoms with Gasteiger partial charge in [-0.1, -0.05) is 26.0 Å². The summed E-state index contributed by atoms with van der Waals surface area (Å²) in [5.41, 5.74) is 1.08. The normalized spacial score (nSPS) is 10.9. The van der Waals surface area contributed by atoms with Gasteiger partial charge in [0.2, 0.25) is 0 Å². The van der Waals surface area contributed by atoms with Gasteiger partial charge >= 0.3 is 0 Å². The molecule has 0 spiro atoms. The Balaban J connectivity index is 1.96. The molecule has 0 fully saturated rings. The number of halogens is 1. The lowest BCUT2D eigenvalue weighted by Crippen LogP contribution is -2.12. The summed E-state index contributed by atoms with van der Waals surface area (Å²) in [6.45, 7) is 5.57. The summed E-state index contributed by atoms with van der Waals surface area (Å²) in [5.74, 6) is 2.70. The van der Waals surface area contributed by atoms with Gasteiger partial charge in [-0.15, -0.1) is 11.6 Å². The first-order chi connectivity index (χ1) is 9.19. The van der Waals surface area contributed by atoms with Crippen molar-refractivity contribution in [2.24, 2.45) is 5.92 Å². The van der Waals surface area contributed by atoms with Gasteiger partial charge in [-0.05, 0) is 23.6 Å². The van der Waals surface area contributed by atoms with E-state index in [9.17, 15) is 0 Å². The molecular weight excluding hydrogens is 262 g/mol. The van der Waals surface area contributed by atoms with Crippen molar-refractivity contribution >= 4 is 11.6 Å². The minimum atomic E-state index is 0.424. The summed E-state index contributed by atoms with van der Waals surface area (Å²) in [5, 5.41) is 4.20. The van der Waals surface area contributed by atoms with E-state index >= 15 is 0 Å². The van der Waals surface area contributed by atoms with Crippen molar-refractivity contribution in [1.29, 1.82) is 0 Å². The number of hydrogen-bond donors (Lipinski definition) is 0. The van der Waals surface area contributed by atoms with Gasteiger partial charge in [-0.2, -0.15) is 5.10 Å². The first-order valence-electron chi connectivity index (χ1n) is 6.33. The zero-order chi connectivity index (χ0) is 13.7. The summed E-state index contributed by atoms with van der Waals surface area (Å²) in [4.78, 5) is 4.22. The predicted molar refractivity (Wildman–Crippen MR) is 75.2 cm³/mol. The van der Waals surface area contributed by atoms with E-state index < -0.39 is 0 Å². The van der Waals surface area contributed by atoms with Gasteiger partial charge in [-0.3, -0.25) is 0 Å². The molecule has 0 atom stereocenters. The standard InChI is InChI=1S/C14H18ClN3O/c1-11(2)8-18-14(16-10-17-18)9-19-13-5-3-12(7-15)4-6-13/h3-6,10-11H,7-9H2,1-2H3. The molecule has 0 radical (unpaired) electrons. The van der Waals surface area contributed by atoms with Crippen molar-refractivity contribution in [2.45, 2.75) is 32.9 Å².